The van der Waals surface area contributed by atoms with Crippen LogP contribution in [0.4, 0.5) is 11.5 Å². The van der Waals surface area contributed by atoms with Gasteiger partial charge < -0.3 is 10.4 Å². The maximum absolute atomic E-state index is 11.6. The first-order valence-corrected chi connectivity index (χ1v) is 9.11. The van der Waals surface area contributed by atoms with Crippen LogP contribution < -0.4 is 5.32 Å². The van der Waals surface area contributed by atoms with E-state index in [1.165, 1.54) is 6.07 Å². The largest absolute Gasteiger partial charge is 0.505 e. The van der Waals surface area contributed by atoms with Gasteiger partial charge in [0.2, 0.25) is 0 Å². The van der Waals surface area contributed by atoms with Crippen LogP contribution in [0.3, 0.4) is 0 Å². The third-order valence-corrected chi connectivity index (χ3v) is 4.87. The number of nitrogens with zero attached hydrogens (tertiary/aromatic N) is 3. The summed E-state index contributed by atoms with van der Waals surface area (Å²) >= 11 is 6.44. The smallest absolute Gasteiger partial charge is 0.275 e. The van der Waals surface area contributed by atoms with Gasteiger partial charge in [0.05, 0.1) is 21.6 Å². The van der Waals surface area contributed by atoms with Gasteiger partial charge in [0.1, 0.15) is 17.1 Å². The first-order valence-electron chi connectivity index (χ1n) is 8.73. The summed E-state index contributed by atoms with van der Waals surface area (Å²) in [6.45, 7) is 0. The Morgan fingerprint density at radius 2 is 1.76 bits per heavy atom. The number of aromatic hydroxyl groups is 1. The number of nitro groups is 1. The van der Waals surface area contributed by atoms with E-state index in [0.29, 0.717) is 32.9 Å². The number of nitro benzene ring substituents is 1. The molecule has 0 amide bonds. The highest BCUT2D eigenvalue weighted by Gasteiger charge is 2.27. The molecule has 2 heterocycles. The topological polar surface area (TPSA) is 101 Å². The van der Waals surface area contributed by atoms with Crippen LogP contribution in [0.15, 0.2) is 73.1 Å². The van der Waals surface area contributed by atoms with Crippen LogP contribution in [0.2, 0.25) is 5.02 Å². The van der Waals surface area contributed by atoms with Crippen LogP contribution in [-0.2, 0) is 0 Å². The fourth-order valence-electron chi connectivity index (χ4n) is 3.24. The minimum atomic E-state index is -0.782. The van der Waals surface area contributed by atoms with Crippen molar-refractivity contribution in [2.45, 2.75) is 6.04 Å². The van der Waals surface area contributed by atoms with Gasteiger partial charge in [-0.05, 0) is 36.4 Å². The van der Waals surface area contributed by atoms with Gasteiger partial charge >= 0.3 is 0 Å². The van der Waals surface area contributed by atoms with Gasteiger partial charge in [0, 0.05) is 29.4 Å². The molecule has 0 aliphatic rings. The van der Waals surface area contributed by atoms with Crippen LogP contribution in [0.5, 0.6) is 5.75 Å². The molecule has 8 heteroatoms. The van der Waals surface area contributed by atoms with Crippen molar-refractivity contribution < 1.29 is 10.0 Å². The zero-order valence-electron chi connectivity index (χ0n) is 15.0. The lowest BCUT2D eigenvalue weighted by atomic mass is 9.95. The molecule has 7 nitrogen and oxygen atoms in total. The molecular weight excluding hydrogens is 392 g/mol. The van der Waals surface area contributed by atoms with E-state index in [1.54, 1.807) is 67.0 Å². The highest BCUT2D eigenvalue weighted by atomic mass is 35.5. The van der Waals surface area contributed by atoms with Crippen molar-refractivity contribution in [3.63, 3.8) is 0 Å². The van der Waals surface area contributed by atoms with Crippen LogP contribution in [-0.4, -0.2) is 20.0 Å². The van der Waals surface area contributed by atoms with E-state index >= 15 is 0 Å². The monoisotopic (exact) mass is 406 g/mol. The molecule has 0 saturated carbocycles. The lowest BCUT2D eigenvalue weighted by molar-refractivity contribution is -0.385. The first-order chi connectivity index (χ1) is 14.1. The molecule has 2 aromatic heterocycles. The van der Waals surface area contributed by atoms with E-state index in [4.69, 9.17) is 11.6 Å². The molecule has 0 aliphatic heterocycles. The van der Waals surface area contributed by atoms with Crippen LogP contribution in [0, 0.1) is 10.1 Å². The van der Waals surface area contributed by atoms with Gasteiger partial charge in [-0.2, -0.15) is 0 Å². The maximum atomic E-state index is 11.6. The summed E-state index contributed by atoms with van der Waals surface area (Å²) in [5, 5.41) is 26.7. The highest BCUT2D eigenvalue weighted by molar-refractivity contribution is 6.35. The number of anilines is 1. The zero-order valence-corrected chi connectivity index (χ0v) is 15.7. The van der Waals surface area contributed by atoms with Gasteiger partial charge in [0.25, 0.3) is 5.69 Å². The van der Waals surface area contributed by atoms with Crippen LogP contribution in [0.25, 0.3) is 10.9 Å². The van der Waals surface area contributed by atoms with Gasteiger partial charge in [-0.1, -0.05) is 29.8 Å². The standard InChI is InChI=1S/C21H15ClN4O3/c22-16-12-15(21(27)20-13(16)7-5-11-24-20)19(25-18-9-3-4-10-23-18)14-6-1-2-8-17(14)26(28)29/h1-12,19,27H,(H,23,25)/t19-/m0/s1. The molecule has 0 aliphatic carbocycles. The second kappa shape index (κ2) is 7.73. The quantitative estimate of drug-likeness (QED) is 0.353. The van der Waals surface area contributed by atoms with Crippen molar-refractivity contribution in [2.75, 3.05) is 5.32 Å². The van der Waals surface area contributed by atoms with Gasteiger partial charge in [0.15, 0.2) is 0 Å². The number of phenolic OH excluding ortho intramolecular Hbond substituents is 1. The Balaban J connectivity index is 1.96. The molecule has 0 bridgehead atoms. The molecule has 1 atom stereocenters. The van der Waals surface area contributed by atoms with E-state index < -0.39 is 11.0 Å². The average molecular weight is 407 g/mol. The zero-order chi connectivity index (χ0) is 20.4. The van der Waals surface area contributed by atoms with Crippen LogP contribution >= 0.6 is 11.6 Å². The molecule has 0 fully saturated rings. The lowest BCUT2D eigenvalue weighted by Crippen LogP contribution is -2.15. The molecule has 2 N–H and O–H groups in total. The predicted octanol–water partition coefficient (Wildman–Crippen LogP) is 5.10. The average Bonchev–Trinajstić information content (AvgIpc) is 2.75. The number of benzene rings is 2. The first kappa shape index (κ1) is 18.6. The molecular formula is C21H15ClN4O3. The lowest BCUT2D eigenvalue weighted by Gasteiger charge is -2.22. The summed E-state index contributed by atoms with van der Waals surface area (Å²) in [6, 6.07) is 15.9. The summed E-state index contributed by atoms with van der Waals surface area (Å²) in [7, 11) is 0. The van der Waals surface area contributed by atoms with E-state index in [0.717, 1.165) is 0 Å². The third kappa shape index (κ3) is 3.55. The van der Waals surface area contributed by atoms with E-state index in [-0.39, 0.29) is 11.4 Å². The summed E-state index contributed by atoms with van der Waals surface area (Å²) in [5.41, 5.74) is 0.963. The Bertz CT molecular complexity index is 1200. The number of rotatable bonds is 5. The Labute approximate surface area is 170 Å². The molecule has 144 valence electrons. The van der Waals surface area contributed by atoms with E-state index in [1.807, 2.05) is 0 Å². The number of phenols is 1. The summed E-state index contributed by atoms with van der Waals surface area (Å²) < 4.78 is 0. The highest BCUT2D eigenvalue weighted by Crippen LogP contribution is 2.41. The number of hydrogen-bond donors (Lipinski definition) is 2. The maximum Gasteiger partial charge on any atom is 0.275 e. The molecule has 4 rings (SSSR count). The van der Waals surface area contributed by atoms with Crippen molar-refractivity contribution >= 4 is 34.0 Å². The fraction of sp³-hybridized carbons (Fsp3) is 0.0476. The molecule has 2 aromatic carbocycles. The molecule has 4 aromatic rings. The molecule has 29 heavy (non-hydrogen) atoms. The van der Waals surface area contributed by atoms with Crippen molar-refractivity contribution in [1.82, 2.24) is 9.97 Å². The fourth-order valence-corrected chi connectivity index (χ4v) is 3.51. The molecule has 0 saturated heterocycles. The van der Waals surface area contributed by atoms with Gasteiger partial charge in [-0.15, -0.1) is 0 Å². The number of aromatic nitrogens is 2. The number of halogens is 1. The second-order valence-electron chi connectivity index (χ2n) is 6.30. The van der Waals surface area contributed by atoms with Crippen molar-refractivity contribution in [3.05, 3.63) is 99.3 Å². The number of nitrogens with one attached hydrogen (secondary N) is 1. The SMILES string of the molecule is O=[N+]([O-])c1ccccc1[C@H](Nc1ccccn1)c1cc(Cl)c2cccnc2c1O. The Hall–Kier alpha value is -3.71. The van der Waals surface area contributed by atoms with E-state index in [9.17, 15) is 15.2 Å². The van der Waals surface area contributed by atoms with Crippen molar-refractivity contribution in [1.29, 1.82) is 0 Å². The molecule has 0 unspecified atom stereocenters. The minimum absolute atomic E-state index is 0.0856. The van der Waals surface area contributed by atoms with Crippen molar-refractivity contribution in [2.24, 2.45) is 0 Å². The van der Waals surface area contributed by atoms with E-state index in [2.05, 4.69) is 15.3 Å². The second-order valence-corrected chi connectivity index (χ2v) is 6.71. The molecule has 0 radical (unpaired) electrons. The Morgan fingerprint density at radius 1 is 1.00 bits per heavy atom. The summed E-state index contributed by atoms with van der Waals surface area (Å²) in [4.78, 5) is 19.7. The van der Waals surface area contributed by atoms with Crippen LogP contribution in [0.1, 0.15) is 17.2 Å². The van der Waals surface area contributed by atoms with Crippen molar-refractivity contribution in [3.8, 4) is 5.75 Å². The Morgan fingerprint density at radius 3 is 2.52 bits per heavy atom. The summed E-state index contributed by atoms with van der Waals surface area (Å²) in [6.07, 6.45) is 3.15. The number of fused-ring (bicyclic) bond motifs is 1. The number of hydrogen-bond acceptors (Lipinski definition) is 6. The number of pyridine rings is 2. The summed E-state index contributed by atoms with van der Waals surface area (Å²) in [5.74, 6) is 0.392. The van der Waals surface area contributed by atoms with Gasteiger partial charge in [-0.3, -0.25) is 15.1 Å². The minimum Gasteiger partial charge on any atom is -0.505 e. The Kier molecular flexibility index (Phi) is 4.97. The normalized spacial score (nSPS) is 11.9. The predicted molar refractivity (Wildman–Crippen MR) is 111 cm³/mol. The molecule has 0 spiro atoms. The third-order valence-electron chi connectivity index (χ3n) is 4.56. The number of para-hydroxylation sites is 1. The van der Waals surface area contributed by atoms with Gasteiger partial charge in [-0.25, -0.2) is 4.98 Å².